The zero-order valence-electron chi connectivity index (χ0n) is 28.6. The van der Waals surface area contributed by atoms with Crippen molar-refractivity contribution >= 4 is 46.4 Å². The summed E-state index contributed by atoms with van der Waals surface area (Å²) in [5.74, 6) is 0.115. The van der Waals surface area contributed by atoms with Gasteiger partial charge in [0.2, 0.25) is 23.6 Å². The van der Waals surface area contributed by atoms with E-state index in [9.17, 15) is 19.2 Å². The summed E-state index contributed by atoms with van der Waals surface area (Å²) < 4.78 is 17.6. The van der Waals surface area contributed by atoms with Crippen LogP contribution in [0.2, 0.25) is 0 Å². The van der Waals surface area contributed by atoms with E-state index in [1.54, 1.807) is 24.3 Å². The molecule has 6 heterocycles. The number of hydrogen-bond donors (Lipinski definition) is 0. The number of nitrogens with zero attached hydrogens (tertiary/aromatic N) is 8. The number of hydrogen-bond acceptors (Lipinski definition) is 13. The highest BCUT2D eigenvalue weighted by atomic mass is 32.1. The molecule has 4 aromatic heterocycles. The summed E-state index contributed by atoms with van der Waals surface area (Å²) in [5, 5.41) is 20.3. The molecule has 17 heteroatoms. The molecule has 1 spiro atoms. The Morgan fingerprint density at radius 2 is 1.37 bits per heavy atom. The maximum Gasteiger partial charge on any atom is 0.328 e. The van der Waals surface area contributed by atoms with Gasteiger partial charge in [0.15, 0.2) is 5.54 Å². The van der Waals surface area contributed by atoms with E-state index in [0.29, 0.717) is 49.0 Å². The van der Waals surface area contributed by atoms with E-state index in [1.165, 1.54) is 37.4 Å². The largest absolute Gasteiger partial charge is 0.493 e. The number of imide groups is 1. The lowest BCUT2D eigenvalue weighted by Gasteiger charge is -2.39. The number of aromatic nitrogens is 4. The van der Waals surface area contributed by atoms with Crippen molar-refractivity contribution in [2.75, 3.05) is 32.8 Å². The average Bonchev–Trinajstić information content (AvgIpc) is 4.00. The van der Waals surface area contributed by atoms with Crippen LogP contribution in [0.15, 0.2) is 68.1 Å². The quantitative estimate of drug-likeness (QED) is 0.140. The van der Waals surface area contributed by atoms with Crippen LogP contribution in [0.1, 0.15) is 50.5 Å². The summed E-state index contributed by atoms with van der Waals surface area (Å²) in [5.41, 5.74) is -1.10. The standard InChI is InChI=1S/C35H36N8O7S2/c1-3-14-40(19-27-36-38-31(49-27)25-11-7-17-51-25)29(44)21-42-33(46)35(13-16-48-24-10-6-5-9-23(24)35)43(34(42)47)22-30(45)41(15-4-2)20-28-37-39-32(50-28)26-12-8-18-52-26/h5-12,17-18H,3-4,13-16,19-22H2,1-2H3/t35-/m1/s1. The number of para-hydroxylation sites is 1. The lowest BCUT2D eigenvalue weighted by Crippen LogP contribution is -2.53. The third-order valence-corrected chi connectivity index (χ3v) is 10.6. The highest BCUT2D eigenvalue weighted by Gasteiger charge is 2.61. The van der Waals surface area contributed by atoms with Crippen LogP contribution < -0.4 is 4.74 Å². The third kappa shape index (κ3) is 6.68. The van der Waals surface area contributed by atoms with Gasteiger partial charge in [0, 0.05) is 25.1 Å². The predicted octanol–water partition coefficient (Wildman–Crippen LogP) is 5.03. The topological polar surface area (TPSA) is 168 Å². The lowest BCUT2D eigenvalue weighted by atomic mass is 9.83. The van der Waals surface area contributed by atoms with Gasteiger partial charge in [-0.1, -0.05) is 44.2 Å². The van der Waals surface area contributed by atoms with Gasteiger partial charge in [-0.15, -0.1) is 43.1 Å². The molecule has 2 aliphatic heterocycles. The molecule has 0 aliphatic carbocycles. The minimum Gasteiger partial charge on any atom is -0.493 e. The summed E-state index contributed by atoms with van der Waals surface area (Å²) in [6, 6.07) is 13.7. The van der Waals surface area contributed by atoms with Crippen LogP contribution in [0, 0.1) is 0 Å². The highest BCUT2D eigenvalue weighted by molar-refractivity contribution is 7.13. The number of rotatable bonds is 14. The fraction of sp³-hybridized carbons (Fsp3) is 0.371. The van der Waals surface area contributed by atoms with Gasteiger partial charge >= 0.3 is 6.03 Å². The van der Waals surface area contributed by atoms with Gasteiger partial charge in [0.1, 0.15) is 18.8 Å². The lowest BCUT2D eigenvalue weighted by molar-refractivity contribution is -0.142. The monoisotopic (exact) mass is 744 g/mol. The Morgan fingerprint density at radius 3 is 1.92 bits per heavy atom. The minimum atomic E-state index is -1.56. The molecule has 2 aliphatic rings. The second kappa shape index (κ2) is 15.1. The molecule has 0 N–H and O–H groups in total. The first kappa shape index (κ1) is 35.0. The van der Waals surface area contributed by atoms with Gasteiger partial charge in [0.25, 0.3) is 17.7 Å². The van der Waals surface area contributed by atoms with Crippen LogP contribution in [0.5, 0.6) is 5.75 Å². The Hall–Kier alpha value is -5.42. The maximum atomic E-state index is 14.6. The molecule has 15 nitrogen and oxygen atoms in total. The van der Waals surface area contributed by atoms with Gasteiger partial charge in [-0.25, -0.2) is 4.79 Å². The molecular weight excluding hydrogens is 709 g/mol. The predicted molar refractivity (Wildman–Crippen MR) is 189 cm³/mol. The van der Waals surface area contributed by atoms with Crippen molar-refractivity contribution in [2.45, 2.75) is 51.7 Å². The van der Waals surface area contributed by atoms with E-state index in [0.717, 1.165) is 14.7 Å². The fourth-order valence-corrected chi connectivity index (χ4v) is 7.80. The van der Waals surface area contributed by atoms with Crippen molar-refractivity contribution in [3.8, 4) is 27.3 Å². The number of amides is 5. The number of carbonyl (C=O) groups is 4. The van der Waals surface area contributed by atoms with Crippen molar-refractivity contribution < 1.29 is 32.7 Å². The minimum absolute atomic E-state index is 0.00113. The summed E-state index contributed by atoms with van der Waals surface area (Å²) in [6.45, 7) is 3.69. The van der Waals surface area contributed by atoms with Crippen molar-refractivity contribution in [3.63, 3.8) is 0 Å². The number of benzene rings is 1. The van der Waals surface area contributed by atoms with Crippen molar-refractivity contribution in [3.05, 3.63) is 76.6 Å². The molecule has 1 atom stereocenters. The Bertz CT molecular complexity index is 2050. The van der Waals surface area contributed by atoms with E-state index in [1.807, 2.05) is 48.9 Å². The summed E-state index contributed by atoms with van der Waals surface area (Å²) in [7, 11) is 0. The number of ether oxygens (including phenoxy) is 1. The molecule has 1 aromatic carbocycles. The maximum absolute atomic E-state index is 14.6. The van der Waals surface area contributed by atoms with Gasteiger partial charge in [-0.2, -0.15) is 0 Å². The van der Waals surface area contributed by atoms with E-state index < -0.39 is 42.4 Å². The Balaban J connectivity index is 1.14. The van der Waals surface area contributed by atoms with Crippen molar-refractivity contribution in [1.29, 1.82) is 0 Å². The first-order valence-corrected chi connectivity index (χ1v) is 18.7. The van der Waals surface area contributed by atoms with Gasteiger partial charge < -0.3 is 23.4 Å². The molecule has 1 fully saturated rings. The zero-order chi connectivity index (χ0) is 36.2. The number of carbonyl (C=O) groups excluding carboxylic acids is 4. The third-order valence-electron chi connectivity index (χ3n) is 8.90. The first-order chi connectivity index (χ1) is 25.3. The summed E-state index contributed by atoms with van der Waals surface area (Å²) in [6.07, 6.45) is 1.33. The second-order valence-electron chi connectivity index (χ2n) is 12.3. The normalized spacial score (nSPS) is 16.7. The van der Waals surface area contributed by atoms with Gasteiger partial charge in [-0.05, 0) is 41.8 Å². The molecular formula is C35H36N8O7S2. The molecule has 0 unspecified atom stereocenters. The van der Waals surface area contributed by atoms with E-state index in [2.05, 4.69) is 20.4 Å². The van der Waals surface area contributed by atoms with Gasteiger partial charge in [-0.3, -0.25) is 24.2 Å². The average molecular weight is 745 g/mol. The molecule has 52 heavy (non-hydrogen) atoms. The van der Waals surface area contributed by atoms with Crippen molar-refractivity contribution in [2.24, 2.45) is 0 Å². The van der Waals surface area contributed by atoms with E-state index >= 15 is 0 Å². The number of thiophene rings is 2. The molecule has 5 aromatic rings. The van der Waals surface area contributed by atoms with Crippen LogP contribution in [-0.4, -0.2) is 96.5 Å². The Labute approximate surface area is 306 Å². The highest BCUT2D eigenvalue weighted by Crippen LogP contribution is 2.46. The molecule has 0 saturated carbocycles. The molecule has 0 bridgehead atoms. The van der Waals surface area contributed by atoms with E-state index in [4.69, 9.17) is 13.6 Å². The van der Waals surface area contributed by atoms with Crippen LogP contribution in [0.3, 0.4) is 0 Å². The second-order valence-corrected chi connectivity index (χ2v) is 14.2. The molecule has 7 rings (SSSR count). The molecule has 1 saturated heterocycles. The van der Waals surface area contributed by atoms with Crippen LogP contribution >= 0.6 is 22.7 Å². The zero-order valence-corrected chi connectivity index (χ0v) is 30.2. The van der Waals surface area contributed by atoms with Crippen molar-refractivity contribution in [1.82, 2.24) is 40.0 Å². The Kier molecular flexibility index (Phi) is 10.1. The van der Waals surface area contributed by atoms with Crippen LogP contribution in [0.4, 0.5) is 4.79 Å². The number of fused-ring (bicyclic) bond motifs is 2. The molecule has 0 radical (unpaired) electrons. The first-order valence-electron chi connectivity index (χ1n) is 17.0. The van der Waals surface area contributed by atoms with Crippen LogP contribution in [-0.2, 0) is 33.0 Å². The Morgan fingerprint density at radius 1 is 0.788 bits per heavy atom. The summed E-state index contributed by atoms with van der Waals surface area (Å²) >= 11 is 2.91. The van der Waals surface area contributed by atoms with Gasteiger partial charge in [0.05, 0.1) is 29.5 Å². The SMILES string of the molecule is CCCN(Cc1nnc(-c2cccs2)o1)C(=O)CN1C(=O)N(CC(=O)N(CCC)Cc2nnc(-c3cccs3)o2)[C@@]2(CCOc3ccccc32)C1=O. The smallest absolute Gasteiger partial charge is 0.328 e. The molecule has 270 valence electrons. The fourth-order valence-electron chi connectivity index (χ4n) is 6.51. The summed E-state index contributed by atoms with van der Waals surface area (Å²) in [4.78, 5) is 63.9. The molecule has 5 amide bonds. The van der Waals surface area contributed by atoms with Crippen LogP contribution in [0.25, 0.3) is 21.5 Å². The van der Waals surface area contributed by atoms with E-state index in [-0.39, 0.29) is 37.9 Å². The number of urea groups is 1.